The SMILES string of the molecule is CCCCCCC(C)C(CC)CCCC. The van der Waals surface area contributed by atoms with Crippen LogP contribution in [0, 0.1) is 11.8 Å². The highest BCUT2D eigenvalue weighted by Crippen LogP contribution is 2.26. The van der Waals surface area contributed by atoms with Gasteiger partial charge in [-0.05, 0) is 11.8 Å². The van der Waals surface area contributed by atoms with Crippen LogP contribution >= 0.6 is 0 Å². The van der Waals surface area contributed by atoms with Crippen molar-refractivity contribution in [1.29, 1.82) is 0 Å². The molecule has 0 amide bonds. The smallest absolute Gasteiger partial charge is 0.0391 e. The standard InChI is InChI=1S/C15H32/c1-5-8-10-11-12-14(4)15(7-3)13-9-6-2/h14-15H,5-13H2,1-4H3. The zero-order valence-electron chi connectivity index (χ0n) is 11.5. The maximum Gasteiger partial charge on any atom is -0.0391 e. The Hall–Kier alpha value is 0. The van der Waals surface area contributed by atoms with E-state index in [1.165, 1.54) is 57.8 Å². The Kier molecular flexibility index (Phi) is 10.5. The second kappa shape index (κ2) is 10.5. The molecule has 0 N–H and O–H groups in total. The zero-order chi connectivity index (χ0) is 11.5. The lowest BCUT2D eigenvalue weighted by atomic mass is 9.84. The first kappa shape index (κ1) is 15.0. The third kappa shape index (κ3) is 7.88. The van der Waals surface area contributed by atoms with Crippen LogP contribution in [0.2, 0.25) is 0 Å². The van der Waals surface area contributed by atoms with E-state index in [0.717, 1.165) is 11.8 Å². The zero-order valence-corrected chi connectivity index (χ0v) is 11.5. The summed E-state index contributed by atoms with van der Waals surface area (Å²) in [6, 6.07) is 0. The van der Waals surface area contributed by atoms with Crippen molar-refractivity contribution in [1.82, 2.24) is 0 Å². The number of unbranched alkanes of at least 4 members (excludes halogenated alkanes) is 4. The van der Waals surface area contributed by atoms with Crippen molar-refractivity contribution >= 4 is 0 Å². The molecule has 0 radical (unpaired) electrons. The first-order valence-corrected chi connectivity index (χ1v) is 7.26. The molecule has 0 fully saturated rings. The van der Waals surface area contributed by atoms with Gasteiger partial charge in [0, 0.05) is 0 Å². The van der Waals surface area contributed by atoms with E-state index in [-0.39, 0.29) is 0 Å². The van der Waals surface area contributed by atoms with Crippen LogP contribution in [0.3, 0.4) is 0 Å². The average Bonchev–Trinajstić information content (AvgIpc) is 2.25. The van der Waals surface area contributed by atoms with E-state index in [1.54, 1.807) is 0 Å². The normalized spacial score (nSPS) is 15.2. The largest absolute Gasteiger partial charge is 0.0654 e. The first-order chi connectivity index (χ1) is 7.26. The molecule has 0 spiro atoms. The molecule has 0 aromatic rings. The van der Waals surface area contributed by atoms with E-state index in [2.05, 4.69) is 27.7 Å². The number of hydrogen-bond donors (Lipinski definition) is 0. The van der Waals surface area contributed by atoms with Gasteiger partial charge in [-0.15, -0.1) is 0 Å². The van der Waals surface area contributed by atoms with Crippen molar-refractivity contribution in [2.24, 2.45) is 11.8 Å². The van der Waals surface area contributed by atoms with E-state index < -0.39 is 0 Å². The fourth-order valence-electron chi connectivity index (χ4n) is 2.49. The van der Waals surface area contributed by atoms with Crippen molar-refractivity contribution in [3.63, 3.8) is 0 Å². The van der Waals surface area contributed by atoms with Crippen molar-refractivity contribution in [2.45, 2.75) is 85.5 Å². The predicted octanol–water partition coefficient (Wildman–Crippen LogP) is 5.81. The Balaban J connectivity index is 3.58. The van der Waals surface area contributed by atoms with Crippen LogP contribution in [0.25, 0.3) is 0 Å². The number of hydrogen-bond acceptors (Lipinski definition) is 0. The van der Waals surface area contributed by atoms with Crippen molar-refractivity contribution in [2.75, 3.05) is 0 Å². The lowest BCUT2D eigenvalue weighted by Gasteiger charge is -2.22. The molecule has 0 aliphatic rings. The van der Waals surface area contributed by atoms with Crippen LogP contribution in [0.5, 0.6) is 0 Å². The minimum atomic E-state index is 0.957. The monoisotopic (exact) mass is 212 g/mol. The molecule has 2 unspecified atom stereocenters. The van der Waals surface area contributed by atoms with Crippen molar-refractivity contribution < 1.29 is 0 Å². The van der Waals surface area contributed by atoms with Gasteiger partial charge in [-0.3, -0.25) is 0 Å². The van der Waals surface area contributed by atoms with Crippen molar-refractivity contribution in [3.8, 4) is 0 Å². The molecule has 15 heavy (non-hydrogen) atoms. The molecular formula is C15H32. The van der Waals surface area contributed by atoms with Crippen LogP contribution in [0.15, 0.2) is 0 Å². The summed E-state index contributed by atoms with van der Waals surface area (Å²) in [6.45, 7) is 9.43. The topological polar surface area (TPSA) is 0 Å². The summed E-state index contributed by atoms with van der Waals surface area (Å²) in [4.78, 5) is 0. The Morgan fingerprint density at radius 2 is 1.40 bits per heavy atom. The Bertz CT molecular complexity index is 117. The van der Waals surface area contributed by atoms with E-state index in [9.17, 15) is 0 Å². The van der Waals surface area contributed by atoms with E-state index in [4.69, 9.17) is 0 Å². The summed E-state index contributed by atoms with van der Waals surface area (Å²) < 4.78 is 0. The van der Waals surface area contributed by atoms with Gasteiger partial charge in [0.1, 0.15) is 0 Å². The fraction of sp³-hybridized carbons (Fsp3) is 1.00. The lowest BCUT2D eigenvalue weighted by molar-refractivity contribution is 0.294. The van der Waals surface area contributed by atoms with Gasteiger partial charge in [-0.2, -0.15) is 0 Å². The highest BCUT2D eigenvalue weighted by atomic mass is 14.2. The van der Waals surface area contributed by atoms with Crippen LogP contribution < -0.4 is 0 Å². The van der Waals surface area contributed by atoms with Gasteiger partial charge in [0.05, 0.1) is 0 Å². The molecule has 0 heteroatoms. The first-order valence-electron chi connectivity index (χ1n) is 7.26. The second-order valence-corrected chi connectivity index (χ2v) is 5.14. The van der Waals surface area contributed by atoms with Crippen LogP contribution in [0.1, 0.15) is 85.5 Å². The Labute approximate surface area is 97.8 Å². The maximum atomic E-state index is 2.47. The van der Waals surface area contributed by atoms with E-state index >= 15 is 0 Å². The summed E-state index contributed by atoms with van der Waals surface area (Å²) in [7, 11) is 0. The minimum absolute atomic E-state index is 0.957. The lowest BCUT2D eigenvalue weighted by Crippen LogP contribution is -2.10. The molecule has 0 heterocycles. The van der Waals surface area contributed by atoms with Gasteiger partial charge in [0.15, 0.2) is 0 Å². The predicted molar refractivity (Wildman–Crippen MR) is 71.2 cm³/mol. The molecule has 0 saturated carbocycles. The van der Waals surface area contributed by atoms with Gasteiger partial charge in [-0.25, -0.2) is 0 Å². The van der Waals surface area contributed by atoms with Gasteiger partial charge in [0.25, 0.3) is 0 Å². The molecule has 0 aromatic carbocycles. The molecule has 92 valence electrons. The molecule has 0 saturated heterocycles. The molecule has 0 bridgehead atoms. The number of rotatable bonds is 10. The summed E-state index contributed by atoms with van der Waals surface area (Å²) in [5, 5.41) is 0. The highest BCUT2D eigenvalue weighted by Gasteiger charge is 2.14. The third-order valence-electron chi connectivity index (χ3n) is 3.77. The Morgan fingerprint density at radius 3 is 1.93 bits per heavy atom. The highest BCUT2D eigenvalue weighted by molar-refractivity contribution is 4.65. The van der Waals surface area contributed by atoms with Gasteiger partial charge in [-0.1, -0.05) is 85.5 Å². The van der Waals surface area contributed by atoms with Crippen LogP contribution in [0.4, 0.5) is 0 Å². The van der Waals surface area contributed by atoms with Crippen LogP contribution in [-0.4, -0.2) is 0 Å². The molecule has 0 rings (SSSR count). The molecule has 0 aromatic heterocycles. The summed E-state index contributed by atoms with van der Waals surface area (Å²) in [5.41, 5.74) is 0. The fourth-order valence-corrected chi connectivity index (χ4v) is 2.49. The van der Waals surface area contributed by atoms with E-state index in [1.807, 2.05) is 0 Å². The van der Waals surface area contributed by atoms with E-state index in [0.29, 0.717) is 0 Å². The maximum absolute atomic E-state index is 2.47. The van der Waals surface area contributed by atoms with Gasteiger partial charge in [0.2, 0.25) is 0 Å². The summed E-state index contributed by atoms with van der Waals surface area (Å²) >= 11 is 0. The molecule has 0 aliphatic heterocycles. The Morgan fingerprint density at radius 1 is 0.733 bits per heavy atom. The molecule has 2 atom stereocenters. The van der Waals surface area contributed by atoms with Crippen LogP contribution in [-0.2, 0) is 0 Å². The van der Waals surface area contributed by atoms with Gasteiger partial charge < -0.3 is 0 Å². The average molecular weight is 212 g/mol. The quantitative estimate of drug-likeness (QED) is 0.401. The molecule has 0 nitrogen and oxygen atoms in total. The molecular weight excluding hydrogens is 180 g/mol. The summed E-state index contributed by atoms with van der Waals surface area (Å²) in [6.07, 6.45) is 12.8. The van der Waals surface area contributed by atoms with Crippen molar-refractivity contribution in [3.05, 3.63) is 0 Å². The van der Waals surface area contributed by atoms with Gasteiger partial charge >= 0.3 is 0 Å². The molecule has 0 aliphatic carbocycles. The third-order valence-corrected chi connectivity index (χ3v) is 3.77. The summed E-state index contributed by atoms with van der Waals surface area (Å²) in [5.74, 6) is 1.95. The second-order valence-electron chi connectivity index (χ2n) is 5.14. The minimum Gasteiger partial charge on any atom is -0.0654 e.